The number of Topliss-reactive ketones (excluding diaryl/α,β-unsaturated/α-hetero) is 6. The van der Waals surface area contributed by atoms with Crippen molar-refractivity contribution >= 4 is 58.0 Å². The topological polar surface area (TPSA) is 357 Å². The van der Waals surface area contributed by atoms with E-state index in [-0.39, 0.29) is 83.9 Å². The Balaban J connectivity index is 0.000000214. The number of phenols is 2. The minimum atomic E-state index is -2.67. The first-order valence-corrected chi connectivity index (χ1v) is 23.8. The third-order valence-corrected chi connectivity index (χ3v) is 15.6. The SMILES string of the molecule is CC(=O)CCc1ccc(O)c2c1C[C@H]1C[C@H]3[C@H](N(C)C)C(=O)C(C(N)=O)=C(O)[C@@]3(O)C(=O)C1=C2O.CN(C)[C@@H]1C(=O)C(C(N)=O)=C(O)[C@@]2(O)C(=O)C3=C(O)c4c(O)ccc(CCC(=O)C(C)(C)C)c4C[C@H]3C[C@@H]12. The number of rotatable bonds is 10. The molecule has 8 rings (SSSR count). The first-order chi connectivity index (χ1) is 33.8. The molecule has 20 heteroatoms. The predicted molar refractivity (Wildman–Crippen MR) is 260 cm³/mol. The molecule has 6 aliphatic rings. The standard InChI is InChI=1S/C28H34N2O8.C25H28N2O8/c1-27(2,3)17(32)9-7-12-6-8-16(31)19-14(12)10-13-11-15-21(30(4)5)23(34)20(26(29)37)25(36)28(15,38)24(35)18(13)22(19)33;1-10(28)4-5-11-6-7-15(29)17-13(11)8-12-9-14-19(27(2)3)21(31)18(24(26)34)23(33)25(14,35)22(32)16(12)20(17)30/h6,8,13,15,21,31,33,36,38H,7,9-11H2,1-5H3,(H2,29,37);6-7,12,14,19,29-30,33,35H,4-5,8-9H2,1-3H3,(H2,26,34)/t13-,15-,21-,28-;12-,14-,19-,25-/m00/s1. The zero-order valence-electron chi connectivity index (χ0n) is 41.8. The van der Waals surface area contributed by atoms with E-state index in [2.05, 4.69) is 0 Å². The average Bonchev–Trinajstić information content (AvgIpc) is 3.27. The molecule has 8 atom stereocenters. The number of amides is 2. The van der Waals surface area contributed by atoms with Gasteiger partial charge in [-0.3, -0.25) is 43.4 Å². The lowest BCUT2D eigenvalue weighted by Crippen LogP contribution is -2.65. The first-order valence-electron chi connectivity index (χ1n) is 23.8. The number of aryl methyl sites for hydroxylation is 2. The number of aliphatic hydroxyl groups excluding tert-OH is 4. The summed E-state index contributed by atoms with van der Waals surface area (Å²) in [6.07, 6.45) is 1.67. The molecule has 0 spiro atoms. The van der Waals surface area contributed by atoms with Crippen molar-refractivity contribution in [1.82, 2.24) is 9.80 Å². The highest BCUT2D eigenvalue weighted by Gasteiger charge is 2.66. The number of ketones is 6. The fraction of sp³-hybridized carbons (Fsp3) is 0.472. The molecule has 73 heavy (non-hydrogen) atoms. The summed E-state index contributed by atoms with van der Waals surface area (Å²) in [7, 11) is 6.20. The van der Waals surface area contributed by atoms with Gasteiger partial charge in [-0.05, 0) is 120 Å². The molecule has 0 heterocycles. The highest BCUT2D eigenvalue weighted by atomic mass is 16.4. The molecule has 0 bridgehead atoms. The molecule has 390 valence electrons. The molecule has 20 nitrogen and oxygen atoms in total. The van der Waals surface area contributed by atoms with Gasteiger partial charge in [-0.2, -0.15) is 0 Å². The van der Waals surface area contributed by atoms with Gasteiger partial charge in [0.1, 0.15) is 57.2 Å². The molecule has 0 radical (unpaired) electrons. The number of carbonyl (C=O) groups excluding carboxylic acids is 8. The van der Waals surface area contributed by atoms with E-state index in [1.807, 2.05) is 20.8 Å². The van der Waals surface area contributed by atoms with Crippen LogP contribution in [0.5, 0.6) is 11.5 Å². The number of phenolic OH excluding ortho intramolecular Hbond substituents is 2. The minimum absolute atomic E-state index is 0.0157. The number of primary amides is 2. The Morgan fingerprint density at radius 3 is 1.29 bits per heavy atom. The van der Waals surface area contributed by atoms with Crippen molar-refractivity contribution in [2.45, 2.75) is 102 Å². The summed E-state index contributed by atoms with van der Waals surface area (Å²) in [5.41, 5.74) is 5.38. The molecule has 2 aromatic carbocycles. The van der Waals surface area contributed by atoms with Crippen molar-refractivity contribution < 1.29 is 79.2 Å². The van der Waals surface area contributed by atoms with Gasteiger partial charge in [0.2, 0.25) is 11.6 Å². The molecule has 0 aliphatic heterocycles. The Kier molecular flexibility index (Phi) is 13.9. The summed E-state index contributed by atoms with van der Waals surface area (Å²) in [5, 5.41) is 88.5. The lowest BCUT2D eigenvalue weighted by molar-refractivity contribution is -0.155. The maximum atomic E-state index is 13.8. The van der Waals surface area contributed by atoms with Crippen molar-refractivity contribution in [3.05, 3.63) is 91.5 Å². The van der Waals surface area contributed by atoms with Crippen LogP contribution in [0.25, 0.3) is 11.5 Å². The smallest absolute Gasteiger partial charge is 0.255 e. The Hall–Kier alpha value is -7.00. The van der Waals surface area contributed by atoms with Crippen molar-refractivity contribution in [2.24, 2.45) is 40.6 Å². The zero-order chi connectivity index (χ0) is 54.5. The van der Waals surface area contributed by atoms with E-state index in [4.69, 9.17) is 11.5 Å². The highest BCUT2D eigenvalue weighted by Crippen LogP contribution is 2.55. The maximum Gasteiger partial charge on any atom is 0.255 e. The zero-order valence-corrected chi connectivity index (χ0v) is 41.8. The largest absolute Gasteiger partial charge is 0.508 e. The van der Waals surface area contributed by atoms with E-state index in [0.29, 0.717) is 24.0 Å². The fourth-order valence-corrected chi connectivity index (χ4v) is 12.0. The molecule has 2 saturated carbocycles. The molecule has 12 N–H and O–H groups in total. The van der Waals surface area contributed by atoms with Crippen LogP contribution in [0.2, 0.25) is 0 Å². The van der Waals surface area contributed by atoms with Crippen LogP contribution in [0.4, 0.5) is 0 Å². The third kappa shape index (κ3) is 8.42. The van der Waals surface area contributed by atoms with Gasteiger partial charge in [0.05, 0.1) is 23.2 Å². The van der Waals surface area contributed by atoms with Gasteiger partial charge in [-0.1, -0.05) is 32.9 Å². The van der Waals surface area contributed by atoms with Crippen LogP contribution >= 0.6 is 0 Å². The van der Waals surface area contributed by atoms with Crippen LogP contribution in [0.3, 0.4) is 0 Å². The van der Waals surface area contributed by atoms with E-state index in [1.54, 1.807) is 40.3 Å². The molecule has 0 saturated heterocycles. The maximum absolute atomic E-state index is 13.8. The van der Waals surface area contributed by atoms with Crippen LogP contribution in [0.1, 0.15) is 86.8 Å². The number of aromatic hydroxyl groups is 2. The molecule has 6 aliphatic carbocycles. The van der Waals surface area contributed by atoms with Crippen LogP contribution in [-0.4, -0.2) is 149 Å². The number of nitrogens with two attached hydrogens (primary N) is 2. The summed E-state index contributed by atoms with van der Waals surface area (Å²) in [5.74, 6) is -13.6. The predicted octanol–water partition coefficient (Wildman–Crippen LogP) is 2.00. The summed E-state index contributed by atoms with van der Waals surface area (Å²) in [6, 6.07) is 3.82. The number of carbonyl (C=O) groups is 8. The van der Waals surface area contributed by atoms with Gasteiger partial charge in [-0.15, -0.1) is 0 Å². The molecule has 2 aromatic rings. The number of likely N-dealkylation sites (N-methyl/N-ethyl adjacent to an activating group) is 2. The number of hydrogen-bond donors (Lipinski definition) is 10. The number of fused-ring (bicyclic) bond motifs is 6. The summed E-state index contributed by atoms with van der Waals surface area (Å²) in [6.45, 7) is 6.96. The second-order valence-corrected chi connectivity index (χ2v) is 21.5. The van der Waals surface area contributed by atoms with Crippen molar-refractivity contribution in [3.63, 3.8) is 0 Å². The lowest BCUT2D eigenvalue weighted by Gasteiger charge is -2.50. The monoisotopic (exact) mass is 1010 g/mol. The summed E-state index contributed by atoms with van der Waals surface area (Å²) < 4.78 is 0. The van der Waals surface area contributed by atoms with Gasteiger partial charge in [0.25, 0.3) is 11.8 Å². The van der Waals surface area contributed by atoms with Crippen molar-refractivity contribution in [1.29, 1.82) is 0 Å². The summed E-state index contributed by atoms with van der Waals surface area (Å²) >= 11 is 0. The Morgan fingerprint density at radius 1 is 0.616 bits per heavy atom. The number of hydrogen-bond acceptors (Lipinski definition) is 18. The average molecular weight is 1010 g/mol. The van der Waals surface area contributed by atoms with Gasteiger partial charge >= 0.3 is 0 Å². The van der Waals surface area contributed by atoms with Crippen molar-refractivity contribution in [2.75, 3.05) is 28.2 Å². The van der Waals surface area contributed by atoms with Gasteiger partial charge in [-0.25, -0.2) is 0 Å². The quantitative estimate of drug-likeness (QED) is 0.152. The van der Waals surface area contributed by atoms with Crippen molar-refractivity contribution in [3.8, 4) is 11.5 Å². The second-order valence-electron chi connectivity index (χ2n) is 21.5. The summed E-state index contributed by atoms with van der Waals surface area (Å²) in [4.78, 5) is 105. The molecule has 0 aromatic heterocycles. The third-order valence-electron chi connectivity index (χ3n) is 15.6. The van der Waals surface area contributed by atoms with E-state index in [0.717, 1.165) is 11.1 Å². The number of aliphatic hydroxyl groups is 6. The molecular formula is C53H62N4O16. The Bertz CT molecular complexity index is 2970. The van der Waals surface area contributed by atoms with Crippen LogP contribution in [0.15, 0.2) is 58.1 Å². The first kappa shape index (κ1) is 53.8. The lowest BCUT2D eigenvalue weighted by atomic mass is 9.57. The van der Waals surface area contributed by atoms with Gasteiger partial charge in [0, 0.05) is 41.2 Å². The van der Waals surface area contributed by atoms with E-state index < -0.39 is 122 Å². The fourth-order valence-electron chi connectivity index (χ4n) is 12.0. The van der Waals surface area contributed by atoms with E-state index in [9.17, 15) is 79.2 Å². The second kappa shape index (κ2) is 18.8. The molecule has 0 unspecified atom stereocenters. The molecular weight excluding hydrogens is 949 g/mol. The van der Waals surface area contributed by atoms with Crippen LogP contribution in [-0.2, 0) is 64.0 Å². The van der Waals surface area contributed by atoms with Crippen LogP contribution in [0, 0.1) is 29.1 Å². The minimum Gasteiger partial charge on any atom is -0.508 e. The highest BCUT2D eigenvalue weighted by molar-refractivity contribution is 6.25. The molecule has 2 amide bonds. The van der Waals surface area contributed by atoms with Gasteiger partial charge in [0.15, 0.2) is 22.8 Å². The van der Waals surface area contributed by atoms with Gasteiger partial charge < -0.3 is 57.1 Å². The normalized spacial score (nSPS) is 27.7. The Morgan fingerprint density at radius 2 is 0.973 bits per heavy atom. The van der Waals surface area contributed by atoms with E-state index >= 15 is 0 Å². The van der Waals surface area contributed by atoms with Crippen LogP contribution < -0.4 is 11.5 Å². The van der Waals surface area contributed by atoms with E-state index in [1.165, 1.54) is 28.9 Å². The number of benzene rings is 2. The molecule has 2 fully saturated rings. The number of nitrogens with zero attached hydrogens (tertiary/aromatic N) is 2. The Labute approximate surface area is 420 Å².